The van der Waals surface area contributed by atoms with Gasteiger partial charge in [-0.25, -0.2) is 4.79 Å². The average molecular weight is 291 g/mol. The maximum absolute atomic E-state index is 11.8. The molecule has 19 heavy (non-hydrogen) atoms. The minimum absolute atomic E-state index is 0.379. The fraction of sp³-hybridized carbons (Fsp3) is 0. The number of hydrogen-bond donors (Lipinski definition) is 0. The zero-order chi connectivity index (χ0) is 13.4. The van der Waals surface area contributed by atoms with E-state index in [0.717, 1.165) is 5.56 Å². The van der Waals surface area contributed by atoms with Crippen LogP contribution in [0.15, 0.2) is 48.5 Å². The van der Waals surface area contributed by atoms with Gasteiger partial charge in [-0.1, -0.05) is 53.5 Å². The zero-order valence-electron chi connectivity index (χ0n) is 9.69. The van der Waals surface area contributed by atoms with Crippen LogP contribution in [0.2, 0.25) is 5.02 Å². The second kappa shape index (κ2) is 4.72. The molecule has 0 bridgehead atoms. The molecule has 0 saturated heterocycles. The van der Waals surface area contributed by atoms with E-state index in [1.807, 2.05) is 30.3 Å². The molecule has 0 spiro atoms. The molecule has 0 radical (unpaired) electrons. The summed E-state index contributed by atoms with van der Waals surface area (Å²) in [7, 11) is 0. The number of benzene rings is 2. The number of carbonyl (C=O) groups excluding carboxylic acids is 1. The summed E-state index contributed by atoms with van der Waals surface area (Å²) < 4.78 is 5.25. The van der Waals surface area contributed by atoms with Crippen molar-refractivity contribution >= 4 is 40.0 Å². The van der Waals surface area contributed by atoms with Crippen LogP contribution < -0.4 is 0 Å². The van der Waals surface area contributed by atoms with Crippen molar-refractivity contribution in [3.63, 3.8) is 0 Å². The lowest BCUT2D eigenvalue weighted by atomic mass is 10.1. The first kappa shape index (κ1) is 12.3. The van der Waals surface area contributed by atoms with Gasteiger partial charge in [-0.3, -0.25) is 0 Å². The summed E-state index contributed by atoms with van der Waals surface area (Å²) in [5.74, 6) is -0.0499. The van der Waals surface area contributed by atoms with Gasteiger partial charge in [0.15, 0.2) is 5.76 Å². The Balaban J connectivity index is 2.17. The maximum Gasteiger partial charge on any atom is 0.344 e. The smallest absolute Gasteiger partial charge is 0.344 e. The first-order chi connectivity index (χ1) is 9.16. The van der Waals surface area contributed by atoms with Crippen LogP contribution in [0.1, 0.15) is 21.5 Å². The van der Waals surface area contributed by atoms with Crippen LogP contribution in [-0.2, 0) is 4.74 Å². The van der Waals surface area contributed by atoms with Crippen molar-refractivity contribution in [3.8, 4) is 0 Å². The number of ether oxygens (including phenoxy) is 1. The van der Waals surface area contributed by atoms with Crippen LogP contribution in [0.3, 0.4) is 0 Å². The normalized spacial score (nSPS) is 16.0. The van der Waals surface area contributed by atoms with Crippen molar-refractivity contribution in [1.29, 1.82) is 0 Å². The molecule has 2 aromatic rings. The fourth-order valence-corrected chi connectivity index (χ4v) is 2.40. The molecule has 0 amide bonds. The summed E-state index contributed by atoms with van der Waals surface area (Å²) >= 11 is 12.2. The minimum Gasteiger partial charge on any atom is -0.421 e. The van der Waals surface area contributed by atoms with Crippen LogP contribution in [0.4, 0.5) is 0 Å². The lowest BCUT2D eigenvalue weighted by Gasteiger charge is -2.04. The highest BCUT2D eigenvalue weighted by Crippen LogP contribution is 2.38. The van der Waals surface area contributed by atoms with Crippen LogP contribution in [0.25, 0.3) is 10.8 Å². The molecule has 0 fully saturated rings. The van der Waals surface area contributed by atoms with E-state index in [1.54, 1.807) is 18.2 Å². The van der Waals surface area contributed by atoms with Gasteiger partial charge in [-0.15, -0.1) is 0 Å². The SMILES string of the molecule is O=C1O/C(=C(/Cl)c2ccccc2)c2ccc(Cl)cc21. The Bertz CT molecular complexity index is 691. The van der Waals surface area contributed by atoms with Gasteiger partial charge in [0.25, 0.3) is 0 Å². The Morgan fingerprint density at radius 3 is 2.47 bits per heavy atom. The molecule has 1 aliphatic heterocycles. The molecule has 1 aliphatic rings. The molecule has 0 saturated carbocycles. The van der Waals surface area contributed by atoms with E-state index in [1.165, 1.54) is 0 Å². The van der Waals surface area contributed by atoms with Gasteiger partial charge in [0, 0.05) is 10.6 Å². The molecular formula is C15H8Cl2O2. The Labute approximate surface area is 120 Å². The summed E-state index contributed by atoms with van der Waals surface area (Å²) in [4.78, 5) is 11.8. The molecule has 94 valence electrons. The third-order valence-corrected chi connectivity index (χ3v) is 3.49. The Morgan fingerprint density at radius 1 is 1.00 bits per heavy atom. The molecular weight excluding hydrogens is 283 g/mol. The number of fused-ring (bicyclic) bond motifs is 1. The van der Waals surface area contributed by atoms with E-state index in [-0.39, 0.29) is 0 Å². The van der Waals surface area contributed by atoms with Gasteiger partial charge in [0.05, 0.1) is 10.6 Å². The lowest BCUT2D eigenvalue weighted by Crippen LogP contribution is -1.93. The Morgan fingerprint density at radius 2 is 1.74 bits per heavy atom. The summed E-state index contributed by atoms with van der Waals surface area (Å²) in [6, 6.07) is 14.4. The quantitative estimate of drug-likeness (QED) is 0.719. The summed E-state index contributed by atoms with van der Waals surface area (Å²) in [6.45, 7) is 0. The number of hydrogen-bond acceptors (Lipinski definition) is 2. The monoisotopic (exact) mass is 290 g/mol. The molecule has 4 heteroatoms. The predicted molar refractivity (Wildman–Crippen MR) is 76.0 cm³/mol. The molecule has 1 heterocycles. The minimum atomic E-state index is -0.429. The van der Waals surface area contributed by atoms with Crippen molar-refractivity contribution < 1.29 is 9.53 Å². The predicted octanol–water partition coefficient (Wildman–Crippen LogP) is 4.58. The standard InChI is InChI=1S/C15H8Cl2O2/c16-10-6-7-11-12(8-10)15(18)19-14(11)13(17)9-4-2-1-3-5-9/h1-8H/b14-13+. The van der Waals surface area contributed by atoms with Gasteiger partial charge >= 0.3 is 5.97 Å². The second-order valence-corrected chi connectivity index (χ2v) is 4.90. The van der Waals surface area contributed by atoms with E-state index in [9.17, 15) is 4.79 Å². The first-order valence-corrected chi connectivity index (χ1v) is 6.39. The van der Waals surface area contributed by atoms with Gasteiger partial charge in [-0.05, 0) is 23.8 Å². The number of carbonyl (C=O) groups is 1. The molecule has 2 nitrogen and oxygen atoms in total. The molecule has 2 aromatic carbocycles. The van der Waals surface area contributed by atoms with E-state index in [4.69, 9.17) is 27.9 Å². The number of rotatable bonds is 1. The lowest BCUT2D eigenvalue weighted by molar-refractivity contribution is 0.0717. The maximum atomic E-state index is 11.8. The highest BCUT2D eigenvalue weighted by Gasteiger charge is 2.29. The van der Waals surface area contributed by atoms with Gasteiger partial charge < -0.3 is 4.74 Å². The Hall–Kier alpha value is -1.77. The molecule has 0 N–H and O–H groups in total. The van der Waals surface area contributed by atoms with Gasteiger partial charge in [0.2, 0.25) is 0 Å². The first-order valence-electron chi connectivity index (χ1n) is 5.64. The average Bonchev–Trinajstić information content (AvgIpc) is 2.76. The molecule has 0 aromatic heterocycles. The molecule has 0 unspecified atom stereocenters. The summed E-state index contributed by atoms with van der Waals surface area (Å²) in [6.07, 6.45) is 0. The van der Waals surface area contributed by atoms with Crippen molar-refractivity contribution in [1.82, 2.24) is 0 Å². The third-order valence-electron chi connectivity index (χ3n) is 2.87. The Kier molecular flexibility index (Phi) is 3.05. The fourth-order valence-electron chi connectivity index (χ4n) is 1.96. The number of halogens is 2. The number of esters is 1. The largest absolute Gasteiger partial charge is 0.421 e. The van der Waals surface area contributed by atoms with E-state index in [2.05, 4.69) is 0 Å². The number of cyclic esters (lactones) is 1. The molecule has 0 atom stereocenters. The second-order valence-electron chi connectivity index (χ2n) is 4.09. The zero-order valence-corrected chi connectivity index (χ0v) is 11.2. The van der Waals surface area contributed by atoms with Gasteiger partial charge in [-0.2, -0.15) is 0 Å². The van der Waals surface area contributed by atoms with E-state index >= 15 is 0 Å². The third kappa shape index (κ3) is 2.14. The van der Waals surface area contributed by atoms with Crippen molar-refractivity contribution in [3.05, 3.63) is 70.2 Å². The van der Waals surface area contributed by atoms with Crippen molar-refractivity contribution in [2.24, 2.45) is 0 Å². The van der Waals surface area contributed by atoms with Crippen LogP contribution in [0, 0.1) is 0 Å². The van der Waals surface area contributed by atoms with E-state index in [0.29, 0.717) is 26.9 Å². The van der Waals surface area contributed by atoms with Gasteiger partial charge in [0.1, 0.15) is 0 Å². The van der Waals surface area contributed by atoms with Crippen LogP contribution in [-0.4, -0.2) is 5.97 Å². The van der Waals surface area contributed by atoms with Crippen molar-refractivity contribution in [2.45, 2.75) is 0 Å². The molecule has 3 rings (SSSR count). The summed E-state index contributed by atoms with van der Waals surface area (Å²) in [5.41, 5.74) is 1.91. The molecule has 0 aliphatic carbocycles. The summed E-state index contributed by atoms with van der Waals surface area (Å²) in [5, 5.41) is 0.905. The highest BCUT2D eigenvalue weighted by molar-refractivity contribution is 6.52. The van der Waals surface area contributed by atoms with Crippen molar-refractivity contribution in [2.75, 3.05) is 0 Å². The van der Waals surface area contributed by atoms with Crippen LogP contribution in [0.5, 0.6) is 0 Å². The van der Waals surface area contributed by atoms with Crippen LogP contribution >= 0.6 is 23.2 Å². The topological polar surface area (TPSA) is 26.3 Å². The van der Waals surface area contributed by atoms with E-state index < -0.39 is 5.97 Å². The highest BCUT2D eigenvalue weighted by atomic mass is 35.5.